The molecule has 1 fully saturated rings. The Morgan fingerprint density at radius 1 is 1.15 bits per heavy atom. The van der Waals surface area contributed by atoms with Crippen molar-refractivity contribution < 1.29 is 19.1 Å². The number of piperidine rings is 1. The summed E-state index contributed by atoms with van der Waals surface area (Å²) in [6.45, 7) is 11.2. The van der Waals surface area contributed by atoms with Crippen LogP contribution in [0.1, 0.15) is 51.2 Å². The molecule has 2 rings (SSSR count). The predicted molar refractivity (Wildman–Crippen MR) is 105 cm³/mol. The fraction of sp³-hybridized carbons (Fsp3) is 0.619. The average Bonchev–Trinajstić information content (AvgIpc) is 2.57. The molecule has 0 bridgehead atoms. The van der Waals surface area contributed by atoms with E-state index >= 15 is 0 Å². The van der Waals surface area contributed by atoms with E-state index in [1.54, 1.807) is 4.90 Å². The maximum Gasteiger partial charge on any atom is 0.410 e. The van der Waals surface area contributed by atoms with Crippen LogP contribution < -0.4 is 10.1 Å². The fourth-order valence-corrected chi connectivity index (χ4v) is 2.90. The van der Waals surface area contributed by atoms with Crippen LogP contribution in [-0.2, 0) is 9.53 Å². The van der Waals surface area contributed by atoms with Crippen molar-refractivity contribution in [3.8, 4) is 5.75 Å². The van der Waals surface area contributed by atoms with E-state index in [1.165, 1.54) is 11.1 Å². The van der Waals surface area contributed by atoms with Gasteiger partial charge in [-0.25, -0.2) is 4.79 Å². The smallest absolute Gasteiger partial charge is 0.410 e. The number of hydrogen-bond donors (Lipinski definition) is 1. The minimum atomic E-state index is -0.488. The quantitative estimate of drug-likeness (QED) is 0.853. The molecule has 27 heavy (non-hydrogen) atoms. The highest BCUT2D eigenvalue weighted by atomic mass is 16.6. The van der Waals surface area contributed by atoms with Crippen molar-refractivity contribution in [3.05, 3.63) is 29.3 Å². The lowest BCUT2D eigenvalue weighted by atomic mass is 10.1. The van der Waals surface area contributed by atoms with Gasteiger partial charge in [-0.3, -0.25) is 4.79 Å². The fourth-order valence-electron chi connectivity index (χ4n) is 2.90. The van der Waals surface area contributed by atoms with Gasteiger partial charge < -0.3 is 19.7 Å². The summed E-state index contributed by atoms with van der Waals surface area (Å²) in [7, 11) is 0. The average molecular weight is 376 g/mol. The number of carbonyl (C=O) groups is 2. The molecule has 1 heterocycles. The van der Waals surface area contributed by atoms with Crippen LogP contribution in [0.3, 0.4) is 0 Å². The number of carbonyl (C=O) groups excluding carboxylic acids is 2. The van der Waals surface area contributed by atoms with Crippen LogP contribution in [0.5, 0.6) is 5.75 Å². The third-order valence-electron chi connectivity index (χ3n) is 4.59. The summed E-state index contributed by atoms with van der Waals surface area (Å²) < 4.78 is 11.1. The molecule has 1 N–H and O–H groups in total. The van der Waals surface area contributed by atoms with Gasteiger partial charge in [-0.1, -0.05) is 6.07 Å². The minimum absolute atomic E-state index is 0.0189. The van der Waals surface area contributed by atoms with Gasteiger partial charge in [0.15, 0.2) is 0 Å². The first kappa shape index (κ1) is 21.1. The molecule has 1 aromatic rings. The van der Waals surface area contributed by atoms with Crippen LogP contribution >= 0.6 is 0 Å². The summed E-state index contributed by atoms with van der Waals surface area (Å²) in [6, 6.07) is 6.02. The summed E-state index contributed by atoms with van der Waals surface area (Å²) in [5, 5.41) is 3.04. The lowest BCUT2D eigenvalue weighted by Gasteiger charge is -2.33. The molecule has 1 aliphatic heterocycles. The SMILES string of the molecule is Cc1ccc(OCCC(=O)NC2CCN(C(=O)OC(C)(C)C)CC2)cc1C. The molecule has 0 atom stereocenters. The molecule has 0 radical (unpaired) electrons. The highest BCUT2D eigenvalue weighted by molar-refractivity contribution is 5.76. The molecule has 0 spiro atoms. The topological polar surface area (TPSA) is 67.9 Å². The number of likely N-dealkylation sites (tertiary alicyclic amines) is 1. The first-order valence-electron chi connectivity index (χ1n) is 9.61. The van der Waals surface area contributed by atoms with Crippen molar-refractivity contribution in [2.75, 3.05) is 19.7 Å². The molecule has 0 unspecified atom stereocenters. The zero-order valence-electron chi connectivity index (χ0n) is 17.1. The Kier molecular flexibility index (Phi) is 7.11. The molecule has 1 aliphatic rings. The summed E-state index contributed by atoms with van der Waals surface area (Å²) >= 11 is 0. The summed E-state index contributed by atoms with van der Waals surface area (Å²) in [5.41, 5.74) is 1.91. The molecule has 6 heteroatoms. The Bertz CT molecular complexity index is 659. The van der Waals surface area contributed by atoms with Gasteiger partial charge in [-0.05, 0) is 70.7 Å². The molecule has 0 saturated carbocycles. The highest BCUT2D eigenvalue weighted by Crippen LogP contribution is 2.17. The Balaban J connectivity index is 1.67. The predicted octanol–water partition coefficient (Wildman–Crippen LogP) is 3.59. The van der Waals surface area contributed by atoms with E-state index in [2.05, 4.69) is 12.2 Å². The van der Waals surface area contributed by atoms with E-state index < -0.39 is 5.60 Å². The normalized spacial score (nSPS) is 15.4. The summed E-state index contributed by atoms with van der Waals surface area (Å²) in [6.07, 6.45) is 1.51. The molecule has 6 nitrogen and oxygen atoms in total. The first-order valence-corrected chi connectivity index (χ1v) is 9.61. The number of hydrogen-bond acceptors (Lipinski definition) is 4. The molecule has 1 saturated heterocycles. The highest BCUT2D eigenvalue weighted by Gasteiger charge is 2.27. The zero-order chi connectivity index (χ0) is 20.0. The van der Waals surface area contributed by atoms with Crippen molar-refractivity contribution in [1.29, 1.82) is 0 Å². The number of benzene rings is 1. The molecular weight excluding hydrogens is 344 g/mol. The van der Waals surface area contributed by atoms with E-state index in [0.29, 0.717) is 26.1 Å². The second-order valence-electron chi connectivity index (χ2n) is 8.15. The van der Waals surface area contributed by atoms with Crippen molar-refractivity contribution in [3.63, 3.8) is 0 Å². The number of ether oxygens (including phenoxy) is 2. The molecule has 150 valence electrons. The Labute approximate surface area is 162 Å². The maximum absolute atomic E-state index is 12.1. The number of rotatable bonds is 5. The van der Waals surface area contributed by atoms with Gasteiger partial charge in [-0.2, -0.15) is 0 Å². The van der Waals surface area contributed by atoms with Gasteiger partial charge in [0, 0.05) is 19.1 Å². The number of nitrogens with one attached hydrogen (secondary N) is 1. The van der Waals surface area contributed by atoms with Crippen LogP contribution in [0.15, 0.2) is 18.2 Å². The maximum atomic E-state index is 12.1. The van der Waals surface area contributed by atoms with Gasteiger partial charge in [0.1, 0.15) is 11.4 Å². The number of aryl methyl sites for hydroxylation is 2. The third kappa shape index (κ3) is 7.12. The second kappa shape index (κ2) is 9.11. The van der Waals surface area contributed by atoms with Gasteiger partial charge in [0.25, 0.3) is 0 Å². The molecular formula is C21H32N2O4. The van der Waals surface area contributed by atoms with Crippen molar-refractivity contribution in [1.82, 2.24) is 10.2 Å². The standard InChI is InChI=1S/C21H32N2O4/c1-15-6-7-18(14-16(15)2)26-13-10-19(24)22-17-8-11-23(12-9-17)20(25)27-21(3,4)5/h6-7,14,17H,8-13H2,1-5H3,(H,22,24). The Morgan fingerprint density at radius 3 is 2.41 bits per heavy atom. The third-order valence-corrected chi connectivity index (χ3v) is 4.59. The molecule has 1 aromatic carbocycles. The van der Waals surface area contributed by atoms with Gasteiger partial charge >= 0.3 is 6.09 Å². The molecule has 0 aliphatic carbocycles. The van der Waals surface area contributed by atoms with Crippen molar-refractivity contribution >= 4 is 12.0 Å². The van der Waals surface area contributed by atoms with Crippen LogP contribution in [0.4, 0.5) is 4.79 Å². The summed E-state index contributed by atoms with van der Waals surface area (Å²) in [5.74, 6) is 0.770. The molecule has 2 amide bonds. The number of amides is 2. The van der Waals surface area contributed by atoms with Gasteiger partial charge in [0.05, 0.1) is 13.0 Å². The molecule has 0 aromatic heterocycles. The second-order valence-corrected chi connectivity index (χ2v) is 8.15. The largest absolute Gasteiger partial charge is 0.493 e. The van der Waals surface area contributed by atoms with Gasteiger partial charge in [-0.15, -0.1) is 0 Å². The Hall–Kier alpha value is -2.24. The lowest BCUT2D eigenvalue weighted by molar-refractivity contribution is -0.122. The van der Waals surface area contributed by atoms with E-state index in [0.717, 1.165) is 18.6 Å². The van der Waals surface area contributed by atoms with Crippen LogP contribution in [-0.4, -0.2) is 48.2 Å². The van der Waals surface area contributed by atoms with E-state index in [1.807, 2.05) is 45.9 Å². The Morgan fingerprint density at radius 2 is 1.81 bits per heavy atom. The summed E-state index contributed by atoms with van der Waals surface area (Å²) in [4.78, 5) is 25.9. The lowest BCUT2D eigenvalue weighted by Crippen LogP contribution is -2.47. The van der Waals surface area contributed by atoms with E-state index in [-0.39, 0.29) is 18.0 Å². The van der Waals surface area contributed by atoms with Gasteiger partial charge in [0.2, 0.25) is 5.91 Å². The van der Waals surface area contributed by atoms with E-state index in [9.17, 15) is 9.59 Å². The van der Waals surface area contributed by atoms with Crippen molar-refractivity contribution in [2.45, 2.75) is 65.5 Å². The number of nitrogens with zero attached hydrogens (tertiary/aromatic N) is 1. The van der Waals surface area contributed by atoms with Crippen LogP contribution in [0.25, 0.3) is 0 Å². The first-order chi connectivity index (χ1) is 12.6. The zero-order valence-corrected chi connectivity index (χ0v) is 17.1. The van der Waals surface area contributed by atoms with Crippen LogP contribution in [0, 0.1) is 13.8 Å². The minimum Gasteiger partial charge on any atom is -0.493 e. The van der Waals surface area contributed by atoms with E-state index in [4.69, 9.17) is 9.47 Å². The van der Waals surface area contributed by atoms with Crippen LogP contribution in [0.2, 0.25) is 0 Å². The van der Waals surface area contributed by atoms with Crippen molar-refractivity contribution in [2.24, 2.45) is 0 Å². The monoisotopic (exact) mass is 376 g/mol.